The smallest absolute Gasteiger partial charge is 0.337 e. The van der Waals surface area contributed by atoms with E-state index in [9.17, 15) is 9.59 Å². The summed E-state index contributed by atoms with van der Waals surface area (Å²) in [5, 5.41) is 4.06. The number of methoxy groups -OCH3 is 1. The Hall–Kier alpha value is -2.73. The van der Waals surface area contributed by atoms with E-state index in [4.69, 9.17) is 39.5 Å². The van der Waals surface area contributed by atoms with E-state index in [-0.39, 0.29) is 6.54 Å². The molecule has 3 aromatic carbocycles. The molecule has 0 atom stereocenters. The third-order valence-corrected chi connectivity index (χ3v) is 5.69. The zero-order valence-electron chi connectivity index (χ0n) is 15.7. The summed E-state index contributed by atoms with van der Waals surface area (Å²) in [5.74, 6) is -0.524. The zero-order chi connectivity index (χ0) is 21.4. The van der Waals surface area contributed by atoms with E-state index in [1.165, 1.54) is 12.0 Å². The molecule has 0 aromatic heterocycles. The van der Waals surface area contributed by atoms with Gasteiger partial charge in [-0.3, -0.25) is 4.90 Å². The Kier molecular flexibility index (Phi) is 5.60. The molecule has 1 aliphatic rings. The number of hydrogen-bond donors (Lipinski definition) is 1. The van der Waals surface area contributed by atoms with Crippen molar-refractivity contribution in [1.82, 2.24) is 5.32 Å². The number of urea groups is 1. The number of carbonyl (C=O) groups excluding carboxylic acids is 2. The van der Waals surface area contributed by atoms with E-state index in [2.05, 4.69) is 5.32 Å². The summed E-state index contributed by atoms with van der Waals surface area (Å²) in [5.41, 5.74) is 3.54. The Morgan fingerprint density at radius 3 is 2.33 bits per heavy atom. The van der Waals surface area contributed by atoms with Gasteiger partial charge >= 0.3 is 12.0 Å². The molecule has 0 fully saturated rings. The van der Waals surface area contributed by atoms with Crippen LogP contribution in [0.5, 0.6) is 0 Å². The Balaban J connectivity index is 2.01. The summed E-state index contributed by atoms with van der Waals surface area (Å²) >= 11 is 18.8. The minimum absolute atomic E-state index is 0.270. The molecule has 30 heavy (non-hydrogen) atoms. The Bertz CT molecular complexity index is 1140. The van der Waals surface area contributed by atoms with Crippen molar-refractivity contribution in [3.63, 3.8) is 0 Å². The highest BCUT2D eigenvalue weighted by Gasteiger charge is 2.31. The third-order valence-electron chi connectivity index (χ3n) is 4.82. The van der Waals surface area contributed by atoms with Crippen molar-refractivity contribution < 1.29 is 14.3 Å². The van der Waals surface area contributed by atoms with Crippen LogP contribution >= 0.6 is 34.8 Å². The molecule has 0 aliphatic carbocycles. The van der Waals surface area contributed by atoms with E-state index in [0.717, 1.165) is 16.7 Å². The van der Waals surface area contributed by atoms with Gasteiger partial charge in [-0.25, -0.2) is 9.59 Å². The van der Waals surface area contributed by atoms with Crippen LogP contribution in [-0.2, 0) is 11.3 Å². The van der Waals surface area contributed by atoms with Crippen molar-refractivity contribution in [2.24, 2.45) is 0 Å². The molecule has 8 heteroatoms. The number of halogens is 3. The standard InChI is InChI=1S/C22H15Cl3N2O3/c1-30-21(28)13-9-15(12-5-7-14(23)8-6-12)16-11-26-22(29)27(19(16)10-13)20-17(24)3-2-4-18(20)25/h2-10H,11H2,1H3,(H,26,29). The monoisotopic (exact) mass is 460 g/mol. The van der Waals surface area contributed by atoms with E-state index >= 15 is 0 Å². The van der Waals surface area contributed by atoms with E-state index < -0.39 is 12.0 Å². The summed E-state index contributed by atoms with van der Waals surface area (Å²) in [7, 11) is 1.30. The summed E-state index contributed by atoms with van der Waals surface area (Å²) in [4.78, 5) is 26.6. The number of carbonyl (C=O) groups is 2. The molecule has 0 spiro atoms. The molecule has 0 radical (unpaired) electrons. The fraction of sp³-hybridized carbons (Fsp3) is 0.0909. The van der Waals surface area contributed by atoms with Crippen LogP contribution in [0.3, 0.4) is 0 Å². The number of anilines is 2. The van der Waals surface area contributed by atoms with Gasteiger partial charge in [-0.1, -0.05) is 53.0 Å². The normalized spacial score (nSPS) is 12.9. The van der Waals surface area contributed by atoms with Gasteiger partial charge in [0.1, 0.15) is 0 Å². The first-order valence-electron chi connectivity index (χ1n) is 8.94. The first-order valence-corrected chi connectivity index (χ1v) is 10.1. The number of amides is 2. The van der Waals surface area contributed by atoms with Crippen LogP contribution in [0.4, 0.5) is 16.2 Å². The van der Waals surface area contributed by atoms with Gasteiger partial charge < -0.3 is 10.1 Å². The van der Waals surface area contributed by atoms with E-state index in [1.807, 2.05) is 12.1 Å². The van der Waals surface area contributed by atoms with Crippen LogP contribution in [0.15, 0.2) is 54.6 Å². The van der Waals surface area contributed by atoms with Crippen molar-refractivity contribution >= 4 is 58.2 Å². The van der Waals surface area contributed by atoms with Gasteiger partial charge in [0.05, 0.1) is 34.1 Å². The number of fused-ring (bicyclic) bond motifs is 1. The van der Waals surface area contributed by atoms with Crippen LogP contribution in [0.2, 0.25) is 15.1 Å². The molecular formula is C22H15Cl3N2O3. The summed E-state index contributed by atoms with van der Waals surface area (Å²) in [6.07, 6.45) is 0. The first-order chi connectivity index (χ1) is 14.4. The van der Waals surface area contributed by atoms with Crippen LogP contribution in [0, 0.1) is 0 Å². The predicted molar refractivity (Wildman–Crippen MR) is 119 cm³/mol. The maximum atomic E-state index is 12.9. The molecule has 5 nitrogen and oxygen atoms in total. The second kappa shape index (κ2) is 8.19. The lowest BCUT2D eigenvalue weighted by molar-refractivity contribution is 0.0600. The maximum Gasteiger partial charge on any atom is 0.337 e. The fourth-order valence-corrected chi connectivity index (χ4v) is 4.13. The van der Waals surface area contributed by atoms with Crippen LogP contribution in [0.25, 0.3) is 11.1 Å². The van der Waals surface area contributed by atoms with Gasteiger partial charge in [-0.05, 0) is 47.5 Å². The lowest BCUT2D eigenvalue weighted by atomic mass is 9.93. The van der Waals surface area contributed by atoms with Gasteiger partial charge in [-0.15, -0.1) is 0 Å². The summed E-state index contributed by atoms with van der Waals surface area (Å²) < 4.78 is 4.92. The Morgan fingerprint density at radius 1 is 1.03 bits per heavy atom. The van der Waals surface area contributed by atoms with Gasteiger partial charge in [0.2, 0.25) is 0 Å². The van der Waals surface area contributed by atoms with Crippen molar-refractivity contribution in [3.05, 3.63) is 80.8 Å². The van der Waals surface area contributed by atoms with Gasteiger partial charge in [0, 0.05) is 17.1 Å². The lowest BCUT2D eigenvalue weighted by Crippen LogP contribution is -2.41. The molecule has 4 rings (SSSR count). The average molecular weight is 462 g/mol. The predicted octanol–water partition coefficient (Wildman–Crippen LogP) is 6.46. The van der Waals surface area contributed by atoms with Crippen molar-refractivity contribution in [1.29, 1.82) is 0 Å². The van der Waals surface area contributed by atoms with Gasteiger partial charge in [0.25, 0.3) is 0 Å². The average Bonchev–Trinajstić information content (AvgIpc) is 2.74. The molecule has 1 N–H and O–H groups in total. The molecule has 0 bridgehead atoms. The number of esters is 1. The largest absolute Gasteiger partial charge is 0.465 e. The van der Waals surface area contributed by atoms with Crippen molar-refractivity contribution in [3.8, 4) is 11.1 Å². The minimum atomic E-state index is -0.524. The lowest BCUT2D eigenvalue weighted by Gasteiger charge is -2.33. The number of nitrogens with one attached hydrogen (secondary N) is 1. The SMILES string of the molecule is COC(=O)c1cc(-c2ccc(Cl)cc2)c2c(c1)N(c1c(Cl)cccc1Cl)C(=O)NC2. The van der Waals surface area contributed by atoms with Gasteiger partial charge in [-0.2, -0.15) is 0 Å². The second-order valence-electron chi connectivity index (χ2n) is 6.58. The Labute approximate surface area is 188 Å². The molecule has 0 unspecified atom stereocenters. The molecule has 1 aliphatic heterocycles. The van der Waals surface area contributed by atoms with Gasteiger partial charge in [0.15, 0.2) is 0 Å². The first kappa shape index (κ1) is 20.5. The third kappa shape index (κ3) is 3.60. The number of rotatable bonds is 3. The number of hydrogen-bond acceptors (Lipinski definition) is 3. The summed E-state index contributed by atoms with van der Waals surface area (Å²) in [6.45, 7) is 0.270. The number of ether oxygens (including phenoxy) is 1. The number of para-hydroxylation sites is 1. The minimum Gasteiger partial charge on any atom is -0.465 e. The number of benzene rings is 3. The highest BCUT2D eigenvalue weighted by atomic mass is 35.5. The molecular weight excluding hydrogens is 447 g/mol. The molecule has 3 aromatic rings. The zero-order valence-corrected chi connectivity index (χ0v) is 18.0. The molecule has 0 saturated heterocycles. The van der Waals surface area contributed by atoms with Crippen LogP contribution in [-0.4, -0.2) is 19.1 Å². The van der Waals surface area contributed by atoms with E-state index in [0.29, 0.717) is 32.0 Å². The molecule has 0 saturated carbocycles. The fourth-order valence-electron chi connectivity index (χ4n) is 3.44. The molecule has 152 valence electrons. The second-order valence-corrected chi connectivity index (χ2v) is 7.84. The highest BCUT2D eigenvalue weighted by molar-refractivity contribution is 6.40. The van der Waals surface area contributed by atoms with Crippen molar-refractivity contribution in [2.45, 2.75) is 6.54 Å². The molecule has 2 amide bonds. The molecule has 1 heterocycles. The quantitative estimate of drug-likeness (QED) is 0.455. The maximum absolute atomic E-state index is 12.9. The topological polar surface area (TPSA) is 58.6 Å². The van der Waals surface area contributed by atoms with Crippen LogP contribution in [0.1, 0.15) is 15.9 Å². The highest BCUT2D eigenvalue weighted by Crippen LogP contribution is 2.43. The number of nitrogens with zero attached hydrogens (tertiary/aromatic N) is 1. The van der Waals surface area contributed by atoms with Crippen LogP contribution < -0.4 is 10.2 Å². The Morgan fingerprint density at radius 2 is 1.70 bits per heavy atom. The summed E-state index contributed by atoms with van der Waals surface area (Å²) in [6, 6.07) is 15.2. The van der Waals surface area contributed by atoms with E-state index in [1.54, 1.807) is 42.5 Å². The van der Waals surface area contributed by atoms with Crippen molar-refractivity contribution in [2.75, 3.05) is 12.0 Å².